The van der Waals surface area contributed by atoms with Gasteiger partial charge in [-0.25, -0.2) is 23.3 Å². The van der Waals surface area contributed by atoms with Crippen LogP contribution in [0.3, 0.4) is 0 Å². The zero-order valence-electron chi connectivity index (χ0n) is 11.3. The van der Waals surface area contributed by atoms with E-state index >= 15 is 0 Å². The summed E-state index contributed by atoms with van der Waals surface area (Å²) in [6.07, 6.45) is 6.12. The number of aldehydes is 1. The van der Waals surface area contributed by atoms with E-state index in [2.05, 4.69) is 15.0 Å². The predicted molar refractivity (Wildman–Crippen MR) is 81.2 cm³/mol. The molecule has 4 aromatic heterocycles. The lowest BCUT2D eigenvalue weighted by molar-refractivity contribution is 0.112. The van der Waals surface area contributed by atoms with E-state index in [-0.39, 0.29) is 34.9 Å². The molecule has 114 valence electrons. The second-order valence-corrected chi connectivity index (χ2v) is 5.29. The Bertz CT molecular complexity index is 1060. The molecule has 4 aromatic rings. The maximum atomic E-state index is 13.2. The van der Waals surface area contributed by atoms with Gasteiger partial charge < -0.3 is 4.40 Å². The largest absolute Gasteiger partial charge is 0.303 e. The van der Waals surface area contributed by atoms with Crippen molar-refractivity contribution in [3.8, 4) is 11.4 Å². The predicted octanol–water partition coefficient (Wildman–Crippen LogP) is 3.08. The molecule has 0 atom stereocenters. The summed E-state index contributed by atoms with van der Waals surface area (Å²) in [7, 11) is 0. The number of halogens is 2. The molecule has 0 saturated carbocycles. The molecule has 0 bridgehead atoms. The van der Waals surface area contributed by atoms with Crippen LogP contribution in [0.4, 0.5) is 8.28 Å². The molecule has 0 fully saturated rings. The number of imidazole rings is 1. The molecule has 4 rings (SSSR count). The minimum absolute atomic E-state index is 0.0641. The van der Waals surface area contributed by atoms with E-state index in [4.69, 9.17) is 0 Å². The van der Waals surface area contributed by atoms with Crippen LogP contribution in [0, 0.1) is 5.82 Å². The van der Waals surface area contributed by atoms with E-state index in [0.717, 1.165) is 3.97 Å². The summed E-state index contributed by atoms with van der Waals surface area (Å²) in [6.45, 7) is 0. The van der Waals surface area contributed by atoms with Crippen LogP contribution in [0.2, 0.25) is 0 Å². The van der Waals surface area contributed by atoms with Crippen LogP contribution in [-0.2, 0) is 0 Å². The summed E-state index contributed by atoms with van der Waals surface area (Å²) in [5.74, 6) is -0.386. The molecular formula is C14H7F2N5OS. The lowest BCUT2D eigenvalue weighted by atomic mass is 10.2. The first-order chi connectivity index (χ1) is 11.2. The highest BCUT2D eigenvalue weighted by molar-refractivity contribution is 7.92. The molecule has 0 aliphatic heterocycles. The molecule has 0 radical (unpaired) electrons. The molecule has 0 unspecified atom stereocenters. The highest BCUT2D eigenvalue weighted by Crippen LogP contribution is 2.26. The third kappa shape index (κ3) is 2.08. The summed E-state index contributed by atoms with van der Waals surface area (Å²) < 4.78 is 28.8. The molecule has 0 aliphatic rings. The molecule has 23 heavy (non-hydrogen) atoms. The molecule has 0 aliphatic carbocycles. The fourth-order valence-electron chi connectivity index (χ4n) is 2.41. The molecule has 0 N–H and O–H groups in total. The zero-order chi connectivity index (χ0) is 16.0. The third-order valence-electron chi connectivity index (χ3n) is 3.43. The van der Waals surface area contributed by atoms with Gasteiger partial charge in [-0.05, 0) is 12.1 Å². The maximum Gasteiger partial charge on any atom is 0.171 e. The molecule has 0 amide bonds. The van der Waals surface area contributed by atoms with Gasteiger partial charge in [0.25, 0.3) is 0 Å². The summed E-state index contributed by atoms with van der Waals surface area (Å²) >= 11 is -0.0641. The molecule has 9 heteroatoms. The van der Waals surface area contributed by atoms with Crippen LogP contribution in [0.15, 0.2) is 37.1 Å². The Morgan fingerprint density at radius 2 is 2.09 bits per heavy atom. The Morgan fingerprint density at radius 3 is 2.87 bits per heavy atom. The first-order valence-electron chi connectivity index (χ1n) is 6.46. The minimum Gasteiger partial charge on any atom is -0.303 e. The Labute approximate surface area is 132 Å². The molecule has 0 aromatic carbocycles. The summed E-state index contributed by atoms with van der Waals surface area (Å²) in [6, 6.07) is 2.90. The van der Waals surface area contributed by atoms with E-state index in [1.807, 2.05) is 0 Å². The Kier molecular flexibility index (Phi) is 3.08. The van der Waals surface area contributed by atoms with Crippen LogP contribution in [0.25, 0.3) is 28.1 Å². The van der Waals surface area contributed by atoms with Gasteiger partial charge >= 0.3 is 0 Å². The molecule has 4 heterocycles. The topological polar surface area (TPSA) is 65.1 Å². The van der Waals surface area contributed by atoms with Gasteiger partial charge in [0.15, 0.2) is 24.3 Å². The lowest BCUT2D eigenvalue weighted by Crippen LogP contribution is -1.92. The van der Waals surface area contributed by atoms with E-state index in [0.29, 0.717) is 23.2 Å². The van der Waals surface area contributed by atoms with Crippen molar-refractivity contribution in [1.29, 1.82) is 0 Å². The van der Waals surface area contributed by atoms with Crippen molar-refractivity contribution in [3.05, 3.63) is 48.4 Å². The summed E-state index contributed by atoms with van der Waals surface area (Å²) in [5, 5.41) is 0. The number of aromatic nitrogens is 5. The highest BCUT2D eigenvalue weighted by atomic mass is 32.2. The number of carbonyl (C=O) groups excluding carboxylic acids is 1. The van der Waals surface area contributed by atoms with Gasteiger partial charge in [-0.15, -0.1) is 3.89 Å². The molecule has 0 saturated heterocycles. The standard InChI is InChI=1S/C14H7F2N5OS/c15-9-1-2-11-13(18-7-20(11)5-9)10-3-17-14-12(19-10)8(6-22)4-21(14)23-16/h1-7H. The van der Waals surface area contributed by atoms with Crippen LogP contribution >= 0.6 is 12.3 Å². The number of fused-ring (bicyclic) bond motifs is 2. The minimum atomic E-state index is -0.386. The van der Waals surface area contributed by atoms with Gasteiger partial charge in [0.2, 0.25) is 0 Å². The van der Waals surface area contributed by atoms with Crippen molar-refractivity contribution in [2.45, 2.75) is 0 Å². The highest BCUT2D eigenvalue weighted by Gasteiger charge is 2.15. The van der Waals surface area contributed by atoms with E-state index in [9.17, 15) is 13.1 Å². The lowest BCUT2D eigenvalue weighted by Gasteiger charge is -2.00. The van der Waals surface area contributed by atoms with E-state index < -0.39 is 0 Å². The summed E-state index contributed by atoms with van der Waals surface area (Å²) in [5.41, 5.74) is 2.32. The van der Waals surface area contributed by atoms with E-state index in [1.165, 1.54) is 35.4 Å². The van der Waals surface area contributed by atoms with Gasteiger partial charge in [0.1, 0.15) is 29.0 Å². The number of pyridine rings is 1. The SMILES string of the molecule is O=Cc1cn(SF)c2ncc(-c3ncn4cc(F)ccc34)nc12. The Hall–Kier alpha value is -2.81. The van der Waals surface area contributed by atoms with Crippen LogP contribution in [0.1, 0.15) is 10.4 Å². The van der Waals surface area contributed by atoms with Crippen molar-refractivity contribution in [3.63, 3.8) is 0 Å². The van der Waals surface area contributed by atoms with Crippen molar-refractivity contribution in [2.24, 2.45) is 0 Å². The average Bonchev–Trinajstić information content (AvgIpc) is 3.14. The van der Waals surface area contributed by atoms with Crippen molar-refractivity contribution in [1.82, 2.24) is 23.3 Å². The fourth-order valence-corrected chi connectivity index (χ4v) is 2.76. The van der Waals surface area contributed by atoms with Crippen LogP contribution in [-0.4, -0.2) is 29.6 Å². The van der Waals surface area contributed by atoms with Crippen molar-refractivity contribution < 1.29 is 13.1 Å². The number of rotatable bonds is 3. The molecular weight excluding hydrogens is 324 g/mol. The van der Waals surface area contributed by atoms with Gasteiger partial charge in [-0.2, -0.15) is 0 Å². The Morgan fingerprint density at radius 1 is 1.22 bits per heavy atom. The summed E-state index contributed by atoms with van der Waals surface area (Å²) in [4.78, 5) is 23.9. The third-order valence-corrected chi connectivity index (χ3v) is 3.86. The smallest absolute Gasteiger partial charge is 0.171 e. The number of hydrogen-bond donors (Lipinski definition) is 0. The number of hydrogen-bond acceptors (Lipinski definition) is 5. The van der Waals surface area contributed by atoms with Crippen LogP contribution < -0.4 is 0 Å². The van der Waals surface area contributed by atoms with E-state index in [1.54, 1.807) is 6.07 Å². The fraction of sp³-hybridized carbons (Fsp3) is 0. The van der Waals surface area contributed by atoms with Crippen molar-refractivity contribution >= 4 is 35.3 Å². The van der Waals surface area contributed by atoms with Gasteiger partial charge in [0.05, 0.1) is 17.3 Å². The second-order valence-electron chi connectivity index (χ2n) is 4.76. The zero-order valence-corrected chi connectivity index (χ0v) is 12.2. The van der Waals surface area contributed by atoms with Gasteiger partial charge in [-0.1, -0.05) is 0 Å². The van der Waals surface area contributed by atoms with Crippen LogP contribution in [0.5, 0.6) is 0 Å². The van der Waals surface area contributed by atoms with Gasteiger partial charge in [-0.3, -0.25) is 4.79 Å². The Balaban J connectivity index is 1.96. The average molecular weight is 331 g/mol. The number of carbonyl (C=O) groups is 1. The first-order valence-corrected chi connectivity index (χ1v) is 7.13. The normalized spacial score (nSPS) is 11.4. The first kappa shape index (κ1) is 13.8. The quantitative estimate of drug-likeness (QED) is 0.540. The number of nitrogens with zero attached hydrogens (tertiary/aromatic N) is 5. The van der Waals surface area contributed by atoms with Crippen molar-refractivity contribution in [2.75, 3.05) is 0 Å². The monoisotopic (exact) mass is 331 g/mol. The second kappa shape index (κ2) is 5.13. The van der Waals surface area contributed by atoms with Gasteiger partial charge in [0, 0.05) is 12.4 Å². The maximum absolute atomic E-state index is 13.2. The molecule has 0 spiro atoms. The molecule has 6 nitrogen and oxygen atoms in total.